The van der Waals surface area contributed by atoms with Crippen molar-refractivity contribution in [2.75, 3.05) is 26.7 Å². The van der Waals surface area contributed by atoms with Gasteiger partial charge in [0.1, 0.15) is 5.75 Å². The summed E-state index contributed by atoms with van der Waals surface area (Å²) in [5.41, 5.74) is 1.54. The van der Waals surface area contributed by atoms with E-state index in [2.05, 4.69) is 5.32 Å². The molecule has 3 rings (SSSR count). The second-order valence-corrected chi connectivity index (χ2v) is 4.66. The molecule has 1 saturated heterocycles. The van der Waals surface area contributed by atoms with Gasteiger partial charge in [-0.25, -0.2) is 0 Å². The number of fused-ring (bicyclic) bond motifs is 3. The monoisotopic (exact) mass is 252 g/mol. The minimum absolute atomic E-state index is 0.0332. The minimum Gasteiger partial charge on any atom is -0.496 e. The summed E-state index contributed by atoms with van der Waals surface area (Å²) in [4.78, 5) is 14.2. The molecule has 1 N–H and O–H groups in total. The van der Waals surface area contributed by atoms with E-state index in [1.807, 2.05) is 4.90 Å². The summed E-state index contributed by atoms with van der Waals surface area (Å²) >= 11 is 6.22. The van der Waals surface area contributed by atoms with E-state index in [9.17, 15) is 4.79 Å². The van der Waals surface area contributed by atoms with Crippen molar-refractivity contribution >= 4 is 17.5 Å². The highest BCUT2D eigenvalue weighted by Crippen LogP contribution is 2.42. The van der Waals surface area contributed by atoms with E-state index in [1.165, 1.54) is 0 Å². The largest absolute Gasteiger partial charge is 0.496 e. The van der Waals surface area contributed by atoms with E-state index in [0.29, 0.717) is 16.3 Å². The van der Waals surface area contributed by atoms with Gasteiger partial charge in [0.05, 0.1) is 18.7 Å². The SMILES string of the molecule is COc1ccc(Cl)c2c1C(=O)N1CCNC[C@H]21. The number of carbonyl (C=O) groups is 1. The summed E-state index contributed by atoms with van der Waals surface area (Å²) in [6.45, 7) is 2.31. The maximum Gasteiger partial charge on any atom is 0.258 e. The van der Waals surface area contributed by atoms with Crippen molar-refractivity contribution in [3.63, 3.8) is 0 Å². The van der Waals surface area contributed by atoms with E-state index >= 15 is 0 Å². The number of nitrogens with zero attached hydrogens (tertiary/aromatic N) is 1. The van der Waals surface area contributed by atoms with E-state index in [4.69, 9.17) is 16.3 Å². The number of rotatable bonds is 1. The van der Waals surface area contributed by atoms with Crippen LogP contribution in [-0.2, 0) is 0 Å². The van der Waals surface area contributed by atoms with Gasteiger partial charge in [0.2, 0.25) is 0 Å². The van der Waals surface area contributed by atoms with Crippen molar-refractivity contribution in [2.24, 2.45) is 0 Å². The van der Waals surface area contributed by atoms with Gasteiger partial charge in [0.15, 0.2) is 0 Å². The summed E-state index contributed by atoms with van der Waals surface area (Å²) < 4.78 is 5.26. The van der Waals surface area contributed by atoms with Crippen LogP contribution < -0.4 is 10.1 Å². The number of hydrogen-bond acceptors (Lipinski definition) is 3. The molecule has 1 amide bonds. The predicted octanol–water partition coefficient (Wildman–Crippen LogP) is 1.45. The number of piperazine rings is 1. The number of benzene rings is 1. The molecule has 0 aliphatic carbocycles. The average molecular weight is 253 g/mol. The van der Waals surface area contributed by atoms with Gasteiger partial charge < -0.3 is 15.0 Å². The minimum atomic E-state index is 0.0332. The van der Waals surface area contributed by atoms with Crippen LogP contribution in [0.5, 0.6) is 5.75 Å². The van der Waals surface area contributed by atoms with E-state index in [0.717, 1.165) is 25.2 Å². The van der Waals surface area contributed by atoms with Crippen LogP contribution in [0.1, 0.15) is 22.0 Å². The molecule has 1 atom stereocenters. The molecule has 1 aromatic rings. The highest BCUT2D eigenvalue weighted by atomic mass is 35.5. The molecule has 0 radical (unpaired) electrons. The van der Waals surface area contributed by atoms with Gasteiger partial charge in [-0.3, -0.25) is 4.79 Å². The molecule has 1 fully saturated rings. The lowest BCUT2D eigenvalue weighted by molar-refractivity contribution is 0.0689. The van der Waals surface area contributed by atoms with Crippen molar-refractivity contribution in [1.29, 1.82) is 0 Å². The number of nitrogens with one attached hydrogen (secondary N) is 1. The highest BCUT2D eigenvalue weighted by molar-refractivity contribution is 6.32. The average Bonchev–Trinajstić information content (AvgIpc) is 2.66. The van der Waals surface area contributed by atoms with Crippen LogP contribution in [0.15, 0.2) is 12.1 Å². The van der Waals surface area contributed by atoms with E-state index in [-0.39, 0.29) is 11.9 Å². The Hall–Kier alpha value is -1.26. The maximum atomic E-state index is 12.3. The zero-order chi connectivity index (χ0) is 12.0. The van der Waals surface area contributed by atoms with Crippen LogP contribution in [0, 0.1) is 0 Å². The Morgan fingerprint density at radius 1 is 1.53 bits per heavy atom. The Bertz CT molecular complexity index is 490. The summed E-state index contributed by atoms with van der Waals surface area (Å²) in [5, 5.41) is 3.93. The third kappa shape index (κ3) is 1.44. The molecule has 2 aliphatic heterocycles. The Morgan fingerprint density at radius 3 is 3.12 bits per heavy atom. The maximum absolute atomic E-state index is 12.3. The molecule has 5 heteroatoms. The fourth-order valence-corrected chi connectivity index (χ4v) is 2.92. The topological polar surface area (TPSA) is 41.6 Å². The van der Waals surface area contributed by atoms with Gasteiger partial charge in [-0.15, -0.1) is 0 Å². The Kier molecular flexibility index (Phi) is 2.49. The molecule has 17 heavy (non-hydrogen) atoms. The van der Waals surface area contributed by atoms with Crippen LogP contribution in [0.2, 0.25) is 5.02 Å². The molecule has 4 nitrogen and oxygen atoms in total. The fraction of sp³-hybridized carbons (Fsp3) is 0.417. The van der Waals surface area contributed by atoms with Crippen molar-refractivity contribution < 1.29 is 9.53 Å². The quantitative estimate of drug-likeness (QED) is 0.823. The number of carbonyl (C=O) groups excluding carboxylic acids is 1. The zero-order valence-corrected chi connectivity index (χ0v) is 10.3. The first-order valence-corrected chi connectivity index (χ1v) is 6.00. The lowest BCUT2D eigenvalue weighted by atomic mass is 10.0. The van der Waals surface area contributed by atoms with Crippen molar-refractivity contribution in [3.05, 3.63) is 28.3 Å². The first-order valence-electron chi connectivity index (χ1n) is 5.62. The third-order valence-electron chi connectivity index (χ3n) is 3.43. The first kappa shape index (κ1) is 10.9. The summed E-state index contributed by atoms with van der Waals surface area (Å²) in [6.07, 6.45) is 0. The van der Waals surface area contributed by atoms with Crippen LogP contribution in [0.25, 0.3) is 0 Å². The molecule has 1 aromatic carbocycles. The number of amides is 1. The number of hydrogen-bond donors (Lipinski definition) is 1. The number of ether oxygens (including phenoxy) is 1. The number of halogens is 1. The summed E-state index contributed by atoms with van der Waals surface area (Å²) in [5.74, 6) is 0.648. The Balaban J connectivity index is 2.19. The zero-order valence-electron chi connectivity index (χ0n) is 9.50. The number of methoxy groups -OCH3 is 1. The standard InChI is InChI=1S/C12H13ClN2O2/c1-17-9-3-2-7(13)10-8-6-14-4-5-15(8)12(16)11(9)10/h2-3,8,14H,4-6H2,1H3/t8-/m1/s1. The van der Waals surface area contributed by atoms with Crippen molar-refractivity contribution in [3.8, 4) is 5.75 Å². The van der Waals surface area contributed by atoms with Crippen LogP contribution in [0.4, 0.5) is 0 Å². The predicted molar refractivity (Wildman–Crippen MR) is 64.7 cm³/mol. The Labute approximate surface area is 104 Å². The second kappa shape index (κ2) is 3.89. The molecule has 0 aromatic heterocycles. The lowest BCUT2D eigenvalue weighted by Crippen LogP contribution is -2.44. The fourth-order valence-electron chi connectivity index (χ4n) is 2.64. The molecule has 90 valence electrons. The summed E-state index contributed by atoms with van der Waals surface area (Å²) in [6, 6.07) is 3.60. The van der Waals surface area contributed by atoms with Crippen molar-refractivity contribution in [1.82, 2.24) is 10.2 Å². The Morgan fingerprint density at radius 2 is 2.35 bits per heavy atom. The molecule has 0 bridgehead atoms. The molecule has 0 unspecified atom stereocenters. The molecule has 2 heterocycles. The highest BCUT2D eigenvalue weighted by Gasteiger charge is 2.41. The van der Waals surface area contributed by atoms with Crippen LogP contribution in [0.3, 0.4) is 0 Å². The van der Waals surface area contributed by atoms with Gasteiger partial charge in [-0.05, 0) is 12.1 Å². The van der Waals surface area contributed by atoms with Gasteiger partial charge in [0, 0.05) is 30.2 Å². The van der Waals surface area contributed by atoms with Gasteiger partial charge in [-0.2, -0.15) is 0 Å². The van der Waals surface area contributed by atoms with E-state index < -0.39 is 0 Å². The molecule has 0 saturated carbocycles. The molecule has 0 spiro atoms. The second-order valence-electron chi connectivity index (χ2n) is 4.26. The van der Waals surface area contributed by atoms with Gasteiger partial charge >= 0.3 is 0 Å². The smallest absolute Gasteiger partial charge is 0.258 e. The lowest BCUT2D eigenvalue weighted by Gasteiger charge is -2.30. The van der Waals surface area contributed by atoms with Gasteiger partial charge in [-0.1, -0.05) is 11.6 Å². The molecular formula is C12H13ClN2O2. The third-order valence-corrected chi connectivity index (χ3v) is 3.75. The van der Waals surface area contributed by atoms with Crippen LogP contribution in [-0.4, -0.2) is 37.6 Å². The van der Waals surface area contributed by atoms with Crippen LogP contribution >= 0.6 is 11.6 Å². The normalized spacial score (nSPS) is 22.4. The van der Waals surface area contributed by atoms with Crippen molar-refractivity contribution in [2.45, 2.75) is 6.04 Å². The van der Waals surface area contributed by atoms with E-state index in [1.54, 1.807) is 19.2 Å². The summed E-state index contributed by atoms with van der Waals surface area (Å²) in [7, 11) is 1.58. The van der Waals surface area contributed by atoms with Gasteiger partial charge in [0.25, 0.3) is 5.91 Å². The molecular weight excluding hydrogens is 240 g/mol. The first-order chi connectivity index (χ1) is 8.24. The molecule has 2 aliphatic rings.